The van der Waals surface area contributed by atoms with Crippen molar-refractivity contribution < 1.29 is 9.18 Å². The fourth-order valence-electron chi connectivity index (χ4n) is 3.11. The predicted octanol–water partition coefficient (Wildman–Crippen LogP) is 2.57. The van der Waals surface area contributed by atoms with Gasteiger partial charge in [-0.3, -0.25) is 4.79 Å². The lowest BCUT2D eigenvalue weighted by atomic mass is 10.1. The molecule has 1 fully saturated rings. The number of carbonyl (C=O) groups is 1. The molecule has 3 aromatic rings. The Morgan fingerprint density at radius 1 is 1.24 bits per heavy atom. The maximum absolute atomic E-state index is 14.1. The largest absolute Gasteiger partial charge is 0.368 e. The van der Waals surface area contributed by atoms with Gasteiger partial charge in [-0.05, 0) is 18.6 Å². The number of nitrogens with one attached hydrogen (secondary N) is 1. The molecule has 1 amide bonds. The van der Waals surface area contributed by atoms with Crippen LogP contribution in [0.1, 0.15) is 12.8 Å². The highest BCUT2D eigenvalue weighted by Gasteiger charge is 2.19. The second-order valence-corrected chi connectivity index (χ2v) is 6.02. The Balaban J connectivity index is 1.60. The predicted molar refractivity (Wildman–Crippen MR) is 92.7 cm³/mol. The highest BCUT2D eigenvalue weighted by Crippen LogP contribution is 2.24. The molecule has 0 radical (unpaired) electrons. The van der Waals surface area contributed by atoms with Gasteiger partial charge in [0.2, 0.25) is 5.91 Å². The van der Waals surface area contributed by atoms with E-state index in [2.05, 4.69) is 15.4 Å². The number of anilines is 1. The van der Waals surface area contributed by atoms with Crippen molar-refractivity contribution in [2.24, 2.45) is 0 Å². The summed E-state index contributed by atoms with van der Waals surface area (Å²) < 4.78 is 15.8. The van der Waals surface area contributed by atoms with Crippen LogP contribution in [0, 0.1) is 5.82 Å². The molecule has 0 unspecified atom stereocenters. The minimum Gasteiger partial charge on any atom is -0.368 e. The van der Waals surface area contributed by atoms with E-state index in [1.807, 2.05) is 4.90 Å². The van der Waals surface area contributed by atoms with Crippen molar-refractivity contribution in [3.63, 3.8) is 0 Å². The molecule has 7 heteroatoms. The lowest BCUT2D eigenvalue weighted by molar-refractivity contribution is -0.127. The normalized spacial score (nSPS) is 14.4. The molecular weight excluding hydrogens is 321 g/mol. The van der Waals surface area contributed by atoms with Gasteiger partial charge in [-0.1, -0.05) is 12.1 Å². The van der Waals surface area contributed by atoms with Gasteiger partial charge in [0.25, 0.3) is 0 Å². The van der Waals surface area contributed by atoms with E-state index in [1.54, 1.807) is 41.0 Å². The van der Waals surface area contributed by atoms with E-state index < -0.39 is 0 Å². The minimum absolute atomic E-state index is 0.202. The van der Waals surface area contributed by atoms with Crippen LogP contribution in [0.5, 0.6) is 0 Å². The lowest BCUT2D eigenvalue weighted by Crippen LogP contribution is -2.30. The summed E-state index contributed by atoms with van der Waals surface area (Å²) in [6.45, 7) is 2.05. The maximum atomic E-state index is 14.1. The monoisotopic (exact) mass is 339 g/mol. The fraction of sp³-hybridized carbons (Fsp3) is 0.278. The van der Waals surface area contributed by atoms with Gasteiger partial charge in [0.15, 0.2) is 5.65 Å². The smallest absolute Gasteiger partial charge is 0.222 e. The molecule has 25 heavy (non-hydrogen) atoms. The highest BCUT2D eigenvalue weighted by molar-refractivity contribution is 5.78. The third kappa shape index (κ3) is 3.05. The third-order valence-electron chi connectivity index (χ3n) is 4.37. The van der Waals surface area contributed by atoms with Gasteiger partial charge in [0, 0.05) is 43.8 Å². The first-order valence-electron chi connectivity index (χ1n) is 8.34. The summed E-state index contributed by atoms with van der Waals surface area (Å²) in [6.07, 6.45) is 3.22. The third-order valence-corrected chi connectivity index (χ3v) is 4.37. The Labute approximate surface area is 144 Å². The summed E-state index contributed by atoms with van der Waals surface area (Å²) in [4.78, 5) is 18.0. The van der Waals surface area contributed by atoms with Crippen LogP contribution in [0.3, 0.4) is 0 Å². The van der Waals surface area contributed by atoms with Crippen LogP contribution < -0.4 is 5.32 Å². The van der Waals surface area contributed by atoms with Crippen molar-refractivity contribution in [2.45, 2.75) is 12.8 Å². The summed E-state index contributed by atoms with van der Waals surface area (Å²) >= 11 is 0. The van der Waals surface area contributed by atoms with E-state index in [0.717, 1.165) is 18.8 Å². The number of amides is 1. The van der Waals surface area contributed by atoms with Crippen LogP contribution in [0.4, 0.5) is 10.2 Å². The standard InChI is InChI=1S/C18H18FN5O/c19-14-5-2-1-4-13(14)15-12-17(24-16(22-15)7-8-21-24)20-9-11-23-10-3-6-18(23)25/h1-2,4-5,7-8,12,20H,3,6,9-11H2. The first-order chi connectivity index (χ1) is 12.2. The van der Waals surface area contributed by atoms with Gasteiger partial charge in [-0.2, -0.15) is 9.61 Å². The lowest BCUT2D eigenvalue weighted by Gasteiger charge is -2.17. The summed E-state index contributed by atoms with van der Waals surface area (Å²) in [7, 11) is 0. The van der Waals surface area contributed by atoms with Crippen molar-refractivity contribution in [1.82, 2.24) is 19.5 Å². The molecule has 3 heterocycles. The molecule has 1 aliphatic heterocycles. The second kappa shape index (κ2) is 6.51. The van der Waals surface area contributed by atoms with Gasteiger partial charge < -0.3 is 10.2 Å². The van der Waals surface area contributed by atoms with E-state index in [9.17, 15) is 9.18 Å². The molecule has 1 aliphatic rings. The van der Waals surface area contributed by atoms with Gasteiger partial charge in [0.05, 0.1) is 11.9 Å². The average molecular weight is 339 g/mol. The molecule has 128 valence electrons. The number of hydrogen-bond donors (Lipinski definition) is 1. The fourth-order valence-corrected chi connectivity index (χ4v) is 3.11. The summed E-state index contributed by atoms with van der Waals surface area (Å²) in [6, 6.07) is 10.1. The molecule has 0 spiro atoms. The molecule has 6 nitrogen and oxygen atoms in total. The number of fused-ring (bicyclic) bond motifs is 1. The van der Waals surface area contributed by atoms with Gasteiger partial charge in [0.1, 0.15) is 11.6 Å². The Morgan fingerprint density at radius 3 is 2.92 bits per heavy atom. The quantitative estimate of drug-likeness (QED) is 0.776. The van der Waals surface area contributed by atoms with Crippen molar-refractivity contribution in [3.05, 3.63) is 48.4 Å². The molecule has 2 aromatic heterocycles. The number of halogens is 1. The number of carbonyl (C=O) groups excluding carboxylic acids is 1. The molecule has 1 N–H and O–H groups in total. The molecular formula is C18H18FN5O. The van der Waals surface area contributed by atoms with Crippen molar-refractivity contribution in [2.75, 3.05) is 25.0 Å². The zero-order chi connectivity index (χ0) is 17.2. The van der Waals surface area contributed by atoms with Crippen LogP contribution in [0.15, 0.2) is 42.6 Å². The van der Waals surface area contributed by atoms with E-state index in [0.29, 0.717) is 36.4 Å². The van der Waals surface area contributed by atoms with Crippen LogP contribution in [0.2, 0.25) is 0 Å². The van der Waals surface area contributed by atoms with Crippen molar-refractivity contribution in [3.8, 4) is 11.3 Å². The number of likely N-dealkylation sites (tertiary alicyclic amines) is 1. The molecule has 0 saturated carbocycles. The summed E-state index contributed by atoms with van der Waals surface area (Å²) in [5, 5.41) is 7.55. The second-order valence-electron chi connectivity index (χ2n) is 6.02. The zero-order valence-corrected chi connectivity index (χ0v) is 13.7. The van der Waals surface area contributed by atoms with Crippen LogP contribution in [-0.2, 0) is 4.79 Å². The van der Waals surface area contributed by atoms with Crippen molar-refractivity contribution in [1.29, 1.82) is 0 Å². The van der Waals surface area contributed by atoms with Gasteiger partial charge in [-0.25, -0.2) is 9.37 Å². The molecule has 1 saturated heterocycles. The van der Waals surface area contributed by atoms with Crippen LogP contribution in [0.25, 0.3) is 16.9 Å². The van der Waals surface area contributed by atoms with Gasteiger partial charge >= 0.3 is 0 Å². The maximum Gasteiger partial charge on any atom is 0.222 e. The average Bonchev–Trinajstić information content (AvgIpc) is 3.24. The van der Waals surface area contributed by atoms with Crippen LogP contribution >= 0.6 is 0 Å². The Morgan fingerprint density at radius 2 is 2.12 bits per heavy atom. The minimum atomic E-state index is -0.313. The van der Waals surface area contributed by atoms with E-state index >= 15 is 0 Å². The Hall–Kier alpha value is -2.96. The first kappa shape index (κ1) is 15.6. The summed E-state index contributed by atoms with van der Waals surface area (Å²) in [5.74, 6) is 0.611. The Kier molecular flexibility index (Phi) is 4.05. The number of rotatable bonds is 5. The zero-order valence-electron chi connectivity index (χ0n) is 13.7. The van der Waals surface area contributed by atoms with E-state index in [-0.39, 0.29) is 11.7 Å². The number of hydrogen-bond acceptors (Lipinski definition) is 4. The first-order valence-corrected chi connectivity index (χ1v) is 8.34. The van der Waals surface area contributed by atoms with E-state index in [4.69, 9.17) is 0 Å². The van der Waals surface area contributed by atoms with Crippen LogP contribution in [-0.4, -0.2) is 45.0 Å². The topological polar surface area (TPSA) is 62.5 Å². The van der Waals surface area contributed by atoms with Crippen molar-refractivity contribution >= 4 is 17.4 Å². The summed E-state index contributed by atoms with van der Waals surface area (Å²) in [5.41, 5.74) is 1.63. The molecule has 0 bridgehead atoms. The highest BCUT2D eigenvalue weighted by atomic mass is 19.1. The van der Waals surface area contributed by atoms with Gasteiger partial charge in [-0.15, -0.1) is 0 Å². The number of nitrogens with zero attached hydrogens (tertiary/aromatic N) is 4. The SMILES string of the molecule is O=C1CCCN1CCNc1cc(-c2ccccc2F)nc2ccnn12. The molecule has 1 aromatic carbocycles. The molecule has 0 atom stereocenters. The Bertz CT molecular complexity index is 923. The number of aromatic nitrogens is 3. The van der Waals surface area contributed by atoms with E-state index in [1.165, 1.54) is 6.07 Å². The molecule has 0 aliphatic carbocycles. The molecule has 4 rings (SSSR count). The number of benzene rings is 1.